The van der Waals surface area contributed by atoms with E-state index < -0.39 is 0 Å². The average Bonchev–Trinajstić information content (AvgIpc) is 2.78. The van der Waals surface area contributed by atoms with Crippen LogP contribution in [0.3, 0.4) is 0 Å². The van der Waals surface area contributed by atoms with E-state index in [9.17, 15) is 4.39 Å². The minimum atomic E-state index is -0.250. The van der Waals surface area contributed by atoms with Crippen LogP contribution in [0.2, 0.25) is 0 Å². The van der Waals surface area contributed by atoms with Gasteiger partial charge in [0.2, 0.25) is 0 Å². The van der Waals surface area contributed by atoms with Gasteiger partial charge in [-0.3, -0.25) is 0 Å². The molecule has 0 saturated heterocycles. The third-order valence-electron chi connectivity index (χ3n) is 2.61. The zero-order valence-electron chi connectivity index (χ0n) is 9.82. The number of nitrogens with zero attached hydrogens (tertiary/aromatic N) is 2. The third kappa shape index (κ3) is 2.57. The molecule has 0 atom stereocenters. The van der Waals surface area contributed by atoms with Crippen LogP contribution in [0.15, 0.2) is 30.5 Å². The molecule has 0 spiro atoms. The van der Waals surface area contributed by atoms with Crippen LogP contribution < -0.4 is 0 Å². The Hall–Kier alpha value is -1.16. The van der Waals surface area contributed by atoms with Crippen LogP contribution in [-0.2, 0) is 5.33 Å². The first-order chi connectivity index (χ1) is 8.11. The van der Waals surface area contributed by atoms with Crippen LogP contribution in [0, 0.1) is 5.82 Å². The highest BCUT2D eigenvalue weighted by molar-refractivity contribution is 9.08. The average molecular weight is 297 g/mol. The van der Waals surface area contributed by atoms with Gasteiger partial charge < -0.3 is 0 Å². The van der Waals surface area contributed by atoms with Gasteiger partial charge in [0.05, 0.1) is 5.69 Å². The van der Waals surface area contributed by atoms with Crippen molar-refractivity contribution in [1.29, 1.82) is 0 Å². The van der Waals surface area contributed by atoms with E-state index in [-0.39, 0.29) is 5.82 Å². The molecule has 2 rings (SSSR count). The Morgan fingerprint density at radius 2 is 2.12 bits per heavy atom. The fraction of sp³-hybridized carbons (Fsp3) is 0.308. The lowest BCUT2D eigenvalue weighted by Crippen LogP contribution is -2.00. The minimum Gasteiger partial charge on any atom is -0.238 e. The second-order valence-corrected chi connectivity index (χ2v) is 4.82. The first-order valence-corrected chi connectivity index (χ1v) is 6.64. The molecular formula is C13H14BrFN2. The molecule has 4 heteroatoms. The molecule has 0 radical (unpaired) electrons. The van der Waals surface area contributed by atoms with Crippen molar-refractivity contribution in [2.24, 2.45) is 0 Å². The van der Waals surface area contributed by atoms with Crippen LogP contribution in [0.1, 0.15) is 31.0 Å². The Bertz CT molecular complexity index is 520. The van der Waals surface area contributed by atoms with Crippen molar-refractivity contribution in [2.45, 2.75) is 25.1 Å². The molecular weight excluding hydrogens is 283 g/mol. The highest BCUT2D eigenvalue weighted by atomic mass is 79.9. The van der Waals surface area contributed by atoms with E-state index in [1.165, 1.54) is 6.07 Å². The number of hydrogen-bond donors (Lipinski definition) is 0. The van der Waals surface area contributed by atoms with Crippen LogP contribution in [-0.4, -0.2) is 9.78 Å². The van der Waals surface area contributed by atoms with E-state index in [4.69, 9.17) is 0 Å². The van der Waals surface area contributed by atoms with Gasteiger partial charge in [-0.05, 0) is 29.7 Å². The zero-order chi connectivity index (χ0) is 12.4. The van der Waals surface area contributed by atoms with Crippen molar-refractivity contribution in [3.63, 3.8) is 0 Å². The summed E-state index contributed by atoms with van der Waals surface area (Å²) < 4.78 is 15.4. The molecule has 2 aromatic rings. The maximum atomic E-state index is 13.9. The monoisotopic (exact) mass is 296 g/mol. The van der Waals surface area contributed by atoms with Gasteiger partial charge in [-0.25, -0.2) is 9.07 Å². The summed E-state index contributed by atoms with van der Waals surface area (Å²) in [7, 11) is 0. The Balaban J connectivity index is 2.38. The molecule has 0 bridgehead atoms. The summed E-state index contributed by atoms with van der Waals surface area (Å²) in [6.45, 7) is 4.13. The molecule has 0 N–H and O–H groups in total. The van der Waals surface area contributed by atoms with Gasteiger partial charge in [0.25, 0.3) is 0 Å². The number of alkyl halides is 1. The molecule has 0 aliphatic heterocycles. The van der Waals surface area contributed by atoms with Crippen molar-refractivity contribution in [1.82, 2.24) is 9.78 Å². The van der Waals surface area contributed by atoms with Gasteiger partial charge in [0.15, 0.2) is 0 Å². The van der Waals surface area contributed by atoms with Crippen molar-refractivity contribution >= 4 is 15.9 Å². The van der Waals surface area contributed by atoms with Crippen LogP contribution >= 0.6 is 15.9 Å². The Morgan fingerprint density at radius 1 is 1.35 bits per heavy atom. The molecule has 0 unspecified atom stereocenters. The van der Waals surface area contributed by atoms with E-state index >= 15 is 0 Å². The third-order valence-corrected chi connectivity index (χ3v) is 3.26. The molecule has 0 saturated carbocycles. The predicted molar refractivity (Wildman–Crippen MR) is 70.2 cm³/mol. The quantitative estimate of drug-likeness (QED) is 0.782. The normalized spacial score (nSPS) is 11.1. The number of aromatic nitrogens is 2. The molecule has 0 amide bonds. The molecule has 0 aliphatic carbocycles. The standard InChI is InChI=1S/C13H14BrFN2/c1-9(2)12-5-6-17(16-12)13-4-3-10(8-14)7-11(13)15/h3-7,9H,8H2,1-2H3. The van der Waals surface area contributed by atoms with Crippen molar-refractivity contribution in [2.75, 3.05) is 0 Å². The summed E-state index contributed by atoms with van der Waals surface area (Å²) in [5.74, 6) is 0.0986. The van der Waals surface area contributed by atoms with Crippen molar-refractivity contribution in [3.8, 4) is 5.69 Å². The highest BCUT2D eigenvalue weighted by Crippen LogP contribution is 2.18. The Kier molecular flexibility index (Phi) is 3.62. The van der Waals surface area contributed by atoms with Gasteiger partial charge in [-0.15, -0.1) is 0 Å². The fourth-order valence-corrected chi connectivity index (χ4v) is 1.95. The van der Waals surface area contributed by atoms with Crippen molar-refractivity contribution in [3.05, 3.63) is 47.5 Å². The smallest absolute Gasteiger partial charge is 0.149 e. The second kappa shape index (κ2) is 5.00. The van der Waals surface area contributed by atoms with Crippen LogP contribution in [0.4, 0.5) is 4.39 Å². The molecule has 1 aromatic heterocycles. The van der Waals surface area contributed by atoms with Crippen LogP contribution in [0.5, 0.6) is 0 Å². The summed E-state index contributed by atoms with van der Waals surface area (Å²) in [5.41, 5.74) is 2.37. The predicted octanol–water partition coefficient (Wildman–Crippen LogP) is 4.03. The summed E-state index contributed by atoms with van der Waals surface area (Å²) in [4.78, 5) is 0. The maximum absolute atomic E-state index is 13.9. The first-order valence-electron chi connectivity index (χ1n) is 5.52. The van der Waals surface area contributed by atoms with E-state index in [1.54, 1.807) is 16.9 Å². The maximum Gasteiger partial charge on any atom is 0.149 e. The van der Waals surface area contributed by atoms with Gasteiger partial charge in [-0.2, -0.15) is 5.10 Å². The Labute approximate surface area is 109 Å². The topological polar surface area (TPSA) is 17.8 Å². The molecule has 1 aromatic carbocycles. The SMILES string of the molecule is CC(C)c1ccn(-c2ccc(CBr)cc2F)n1. The largest absolute Gasteiger partial charge is 0.238 e. The summed E-state index contributed by atoms with van der Waals surface area (Å²) in [6, 6.07) is 7.09. The number of benzene rings is 1. The van der Waals surface area contributed by atoms with E-state index in [2.05, 4.69) is 34.9 Å². The minimum absolute atomic E-state index is 0.250. The summed E-state index contributed by atoms with van der Waals surface area (Å²) in [5, 5.41) is 5.01. The number of halogens is 2. The van der Waals surface area contributed by atoms with Gasteiger partial charge >= 0.3 is 0 Å². The lowest BCUT2D eigenvalue weighted by molar-refractivity contribution is 0.607. The molecule has 17 heavy (non-hydrogen) atoms. The fourth-order valence-electron chi connectivity index (χ4n) is 1.60. The number of rotatable bonds is 3. The Morgan fingerprint density at radius 3 is 2.65 bits per heavy atom. The molecule has 90 valence electrons. The summed E-state index contributed by atoms with van der Waals surface area (Å²) >= 11 is 3.31. The second-order valence-electron chi connectivity index (χ2n) is 4.26. The molecule has 1 heterocycles. The highest BCUT2D eigenvalue weighted by Gasteiger charge is 2.09. The van der Waals surface area contributed by atoms with Crippen molar-refractivity contribution < 1.29 is 4.39 Å². The van der Waals surface area contributed by atoms with Gasteiger partial charge in [-0.1, -0.05) is 35.8 Å². The lowest BCUT2D eigenvalue weighted by Gasteiger charge is -2.05. The zero-order valence-corrected chi connectivity index (χ0v) is 11.4. The van der Waals surface area contributed by atoms with Gasteiger partial charge in [0, 0.05) is 11.5 Å². The first kappa shape index (κ1) is 12.3. The van der Waals surface area contributed by atoms with E-state index in [1.807, 2.05) is 12.1 Å². The number of hydrogen-bond acceptors (Lipinski definition) is 1. The van der Waals surface area contributed by atoms with Crippen LogP contribution in [0.25, 0.3) is 5.69 Å². The van der Waals surface area contributed by atoms with E-state index in [0.29, 0.717) is 16.9 Å². The summed E-state index contributed by atoms with van der Waals surface area (Å²) in [6.07, 6.45) is 1.79. The molecule has 2 nitrogen and oxygen atoms in total. The lowest BCUT2D eigenvalue weighted by atomic mass is 10.1. The van der Waals surface area contributed by atoms with Gasteiger partial charge in [0.1, 0.15) is 11.5 Å². The molecule has 0 aliphatic rings. The molecule has 0 fully saturated rings. The van der Waals surface area contributed by atoms with E-state index in [0.717, 1.165) is 11.3 Å².